The lowest BCUT2D eigenvalue weighted by Crippen LogP contribution is -1.80. The van der Waals surface area contributed by atoms with Crippen LogP contribution in [0.15, 0.2) is 29.4 Å². The number of hydrogen-bond donors (Lipinski definition) is 1. The highest BCUT2D eigenvalue weighted by molar-refractivity contribution is 5.85. The highest BCUT2D eigenvalue weighted by Gasteiger charge is 1.88. The molecule has 0 spiro atoms. The van der Waals surface area contributed by atoms with E-state index in [0.29, 0.717) is 5.56 Å². The van der Waals surface area contributed by atoms with Crippen LogP contribution in [-0.4, -0.2) is 11.4 Å². The topological polar surface area (TPSA) is 56.4 Å². The molecular formula is C8H7ClN2O. The van der Waals surface area contributed by atoms with E-state index >= 15 is 0 Å². The molecule has 0 bridgehead atoms. The predicted octanol–water partition coefficient (Wildman–Crippen LogP) is 1.79. The molecular weight excluding hydrogens is 176 g/mol. The lowest BCUT2D eigenvalue weighted by atomic mass is 10.2. The molecule has 0 aliphatic heterocycles. The Balaban J connectivity index is 0.00000121. The molecule has 0 fully saturated rings. The van der Waals surface area contributed by atoms with Crippen LogP contribution in [0, 0.1) is 11.3 Å². The number of nitriles is 1. The second-order valence-electron chi connectivity index (χ2n) is 1.98. The average molecular weight is 183 g/mol. The predicted molar refractivity (Wildman–Crippen MR) is 47.8 cm³/mol. The fourth-order valence-corrected chi connectivity index (χ4v) is 0.710. The molecule has 1 rings (SSSR count). The smallest absolute Gasteiger partial charge is 0.0991 e. The first-order valence-corrected chi connectivity index (χ1v) is 3.04. The summed E-state index contributed by atoms with van der Waals surface area (Å²) in [7, 11) is 0. The molecule has 0 amide bonds. The third-order valence-electron chi connectivity index (χ3n) is 1.25. The fourth-order valence-electron chi connectivity index (χ4n) is 0.710. The first-order valence-electron chi connectivity index (χ1n) is 3.04. The Hall–Kier alpha value is -1.53. The largest absolute Gasteiger partial charge is 0.411 e. The normalized spacial score (nSPS) is 8.92. The van der Waals surface area contributed by atoms with E-state index in [-0.39, 0.29) is 12.4 Å². The highest BCUT2D eigenvalue weighted by Crippen LogP contribution is 1.99. The standard InChI is InChI=1S/C8H6N2O.ClH/c9-5-7-1-3-8(4-2-7)6-10-11;/h1-4,6,11H;1H. The van der Waals surface area contributed by atoms with Crippen molar-refractivity contribution in [3.05, 3.63) is 35.4 Å². The first-order chi connectivity index (χ1) is 5.36. The van der Waals surface area contributed by atoms with Gasteiger partial charge in [0.1, 0.15) is 0 Å². The minimum absolute atomic E-state index is 0. The molecule has 0 radical (unpaired) electrons. The van der Waals surface area contributed by atoms with E-state index in [2.05, 4.69) is 5.16 Å². The first kappa shape index (κ1) is 10.5. The van der Waals surface area contributed by atoms with Gasteiger partial charge in [-0.05, 0) is 17.7 Å². The van der Waals surface area contributed by atoms with E-state index in [1.165, 1.54) is 6.21 Å². The maximum atomic E-state index is 8.43. The number of hydrogen-bond acceptors (Lipinski definition) is 3. The molecule has 0 aliphatic carbocycles. The van der Waals surface area contributed by atoms with Gasteiger partial charge in [-0.25, -0.2) is 0 Å². The van der Waals surface area contributed by atoms with Crippen molar-refractivity contribution in [1.29, 1.82) is 5.26 Å². The van der Waals surface area contributed by atoms with Crippen LogP contribution in [0.5, 0.6) is 0 Å². The molecule has 4 heteroatoms. The van der Waals surface area contributed by atoms with Gasteiger partial charge >= 0.3 is 0 Å². The zero-order valence-electron chi connectivity index (χ0n) is 6.14. The summed E-state index contributed by atoms with van der Waals surface area (Å²) in [5.74, 6) is 0. The molecule has 1 aromatic rings. The third-order valence-corrected chi connectivity index (χ3v) is 1.25. The summed E-state index contributed by atoms with van der Waals surface area (Å²) < 4.78 is 0. The van der Waals surface area contributed by atoms with Crippen molar-refractivity contribution in [3.63, 3.8) is 0 Å². The number of halogens is 1. The Kier molecular flexibility index (Phi) is 4.51. The zero-order chi connectivity index (χ0) is 8.10. The fraction of sp³-hybridized carbons (Fsp3) is 0. The molecule has 0 heterocycles. The number of rotatable bonds is 1. The molecule has 0 unspecified atom stereocenters. The van der Waals surface area contributed by atoms with Crippen molar-refractivity contribution >= 4 is 18.6 Å². The van der Waals surface area contributed by atoms with Crippen molar-refractivity contribution in [2.75, 3.05) is 0 Å². The van der Waals surface area contributed by atoms with Crippen molar-refractivity contribution in [3.8, 4) is 6.07 Å². The van der Waals surface area contributed by atoms with Crippen molar-refractivity contribution in [1.82, 2.24) is 0 Å². The van der Waals surface area contributed by atoms with Crippen LogP contribution in [0.3, 0.4) is 0 Å². The summed E-state index contributed by atoms with van der Waals surface area (Å²) in [6, 6.07) is 8.73. The molecule has 12 heavy (non-hydrogen) atoms. The van der Waals surface area contributed by atoms with E-state index in [4.69, 9.17) is 10.5 Å². The molecule has 0 aromatic heterocycles. The summed E-state index contributed by atoms with van der Waals surface area (Å²) in [5.41, 5.74) is 1.37. The summed E-state index contributed by atoms with van der Waals surface area (Å²) in [6.45, 7) is 0. The van der Waals surface area contributed by atoms with Crippen LogP contribution in [0.1, 0.15) is 11.1 Å². The summed E-state index contributed by atoms with van der Waals surface area (Å²) >= 11 is 0. The Labute approximate surface area is 76.4 Å². The maximum Gasteiger partial charge on any atom is 0.0991 e. The zero-order valence-corrected chi connectivity index (χ0v) is 6.95. The van der Waals surface area contributed by atoms with E-state index < -0.39 is 0 Å². The summed E-state index contributed by atoms with van der Waals surface area (Å²) in [5, 5.41) is 19.4. The quantitative estimate of drug-likeness (QED) is 0.409. The van der Waals surface area contributed by atoms with Gasteiger partial charge < -0.3 is 5.21 Å². The Morgan fingerprint density at radius 2 is 1.92 bits per heavy atom. The Morgan fingerprint density at radius 1 is 1.33 bits per heavy atom. The van der Waals surface area contributed by atoms with Crippen LogP contribution in [0.2, 0.25) is 0 Å². The average Bonchev–Trinajstić information content (AvgIpc) is 2.07. The minimum atomic E-state index is 0. The summed E-state index contributed by atoms with van der Waals surface area (Å²) in [4.78, 5) is 0. The molecule has 1 N–H and O–H groups in total. The van der Waals surface area contributed by atoms with Gasteiger partial charge in [0.2, 0.25) is 0 Å². The highest BCUT2D eigenvalue weighted by atomic mass is 35.5. The van der Waals surface area contributed by atoms with Crippen molar-refractivity contribution in [2.24, 2.45) is 5.16 Å². The van der Waals surface area contributed by atoms with Crippen LogP contribution in [-0.2, 0) is 0 Å². The Bertz CT molecular complexity index is 300. The second-order valence-corrected chi connectivity index (χ2v) is 1.98. The van der Waals surface area contributed by atoms with Crippen LogP contribution in [0.25, 0.3) is 0 Å². The van der Waals surface area contributed by atoms with Gasteiger partial charge in [-0.2, -0.15) is 5.26 Å². The van der Waals surface area contributed by atoms with Gasteiger partial charge in [-0.15, -0.1) is 12.4 Å². The third kappa shape index (κ3) is 2.60. The van der Waals surface area contributed by atoms with Gasteiger partial charge in [0.15, 0.2) is 0 Å². The molecule has 0 saturated carbocycles. The van der Waals surface area contributed by atoms with Gasteiger partial charge in [-0.1, -0.05) is 17.3 Å². The molecule has 0 aliphatic rings. The van der Waals surface area contributed by atoms with Gasteiger partial charge in [0.05, 0.1) is 17.8 Å². The van der Waals surface area contributed by atoms with E-state index in [1.807, 2.05) is 6.07 Å². The van der Waals surface area contributed by atoms with Crippen LogP contribution in [0.4, 0.5) is 0 Å². The second kappa shape index (κ2) is 5.16. The van der Waals surface area contributed by atoms with Crippen molar-refractivity contribution < 1.29 is 5.21 Å². The van der Waals surface area contributed by atoms with E-state index in [1.54, 1.807) is 24.3 Å². The van der Waals surface area contributed by atoms with E-state index in [0.717, 1.165) is 5.56 Å². The maximum absolute atomic E-state index is 8.43. The van der Waals surface area contributed by atoms with Crippen molar-refractivity contribution in [2.45, 2.75) is 0 Å². The minimum Gasteiger partial charge on any atom is -0.411 e. The van der Waals surface area contributed by atoms with Gasteiger partial charge in [0.25, 0.3) is 0 Å². The van der Waals surface area contributed by atoms with Gasteiger partial charge in [0, 0.05) is 0 Å². The van der Waals surface area contributed by atoms with Crippen LogP contribution < -0.4 is 0 Å². The monoisotopic (exact) mass is 182 g/mol. The summed E-state index contributed by atoms with van der Waals surface area (Å²) in [6.07, 6.45) is 1.31. The molecule has 1 aromatic carbocycles. The number of benzene rings is 1. The van der Waals surface area contributed by atoms with Crippen LogP contribution >= 0.6 is 12.4 Å². The van der Waals surface area contributed by atoms with E-state index in [9.17, 15) is 0 Å². The molecule has 62 valence electrons. The lowest BCUT2D eigenvalue weighted by molar-refractivity contribution is 0.322. The van der Waals surface area contributed by atoms with Gasteiger partial charge in [-0.3, -0.25) is 0 Å². The SMILES string of the molecule is Cl.N#Cc1ccc(C=NO)cc1. The molecule has 0 saturated heterocycles. The number of nitrogens with zero attached hydrogens (tertiary/aromatic N) is 2. The molecule has 0 atom stereocenters. The Morgan fingerprint density at radius 3 is 2.33 bits per heavy atom. The lowest BCUT2D eigenvalue weighted by Gasteiger charge is -1.89. The number of oxime groups is 1. The molecule has 3 nitrogen and oxygen atoms in total.